The molecule has 11 N–H and O–H groups in total. The van der Waals surface area contributed by atoms with Crippen molar-refractivity contribution in [1.82, 2.24) is 41.5 Å². The Labute approximate surface area is 548 Å². The number of H-pyrrole nitrogens is 2. The summed E-state index contributed by atoms with van der Waals surface area (Å²) >= 11 is 11.7. The number of carbonyl (C=O) groups is 10. The van der Waals surface area contributed by atoms with Gasteiger partial charge in [-0.2, -0.15) is 32.2 Å². The number of thioether (sulfide) groups is 1. The van der Waals surface area contributed by atoms with E-state index in [1.807, 2.05) is 44.4 Å². The second-order valence-electron chi connectivity index (χ2n) is 22.9. The van der Waals surface area contributed by atoms with E-state index in [1.165, 1.54) is 25.0 Å². The minimum atomic E-state index is -1.26. The number of nitrogens with zero attached hydrogens (tertiary/aromatic N) is 5. The third-order valence-corrected chi connectivity index (χ3v) is 16.1. The van der Waals surface area contributed by atoms with Crippen LogP contribution < -0.4 is 38.1 Å². The van der Waals surface area contributed by atoms with E-state index in [2.05, 4.69) is 61.9 Å². The average molecular weight is 1340 g/mol. The van der Waals surface area contributed by atoms with Gasteiger partial charge in [-0.05, 0) is 105 Å². The standard InChI is InChI=1S/C61H92N14O10S3.Cu/c1-35(2)25-42(58(84)70-50(56(63)82)22-24-88-9)30-54(80)41(26-44-33-65-34-68-44)28-46(77)19-20-52(78)48(36(3)4)31-53(79)39(7)69-59(85)51(29-43-32-67-49-17-13-12-16-47(43)49)71-57(83)40(18-21-55(62)81)27-45(76)15-11-10-14-23-66-61(87)75-73-38(6)37(5)72-74-60(86)64-8;/h12-13,16-17,32-36,39-42,48,50-51,67H,10-11,14-15,18-31H2,1-9H3,(H2,62,81)(H2,63,82)(H,65,68)(H,69,85)(H,70,84)(H,71,83)(H2,64,74,86)(H2,66,75,87);/q;+2/p-2. The van der Waals surface area contributed by atoms with E-state index >= 15 is 0 Å². The number of carbonyl (C=O) groups excluding carboxylic acids is 10. The van der Waals surface area contributed by atoms with Crippen LogP contribution in [0.25, 0.3) is 10.9 Å². The number of unbranched alkanes of at least 4 members (excludes halogenated alkanes) is 2. The number of Topliss-reactive ketones (excluding diaryl/α,β-unsaturated/α-hetero) is 5. The molecule has 2 aromatic heterocycles. The van der Waals surface area contributed by atoms with Crippen LogP contribution in [0, 0.1) is 35.5 Å². The van der Waals surface area contributed by atoms with Crippen LogP contribution in [0.4, 0.5) is 0 Å². The number of fused-ring (bicyclic) bond motifs is 1. The topological polar surface area (TPSA) is 377 Å². The van der Waals surface area contributed by atoms with Gasteiger partial charge in [0.25, 0.3) is 0 Å². The van der Waals surface area contributed by atoms with Crippen LogP contribution in [0.1, 0.15) is 150 Å². The second-order valence-corrected chi connectivity index (χ2v) is 24.7. The third-order valence-electron chi connectivity index (χ3n) is 15.0. The van der Waals surface area contributed by atoms with Crippen molar-refractivity contribution in [3.05, 3.63) is 54.2 Å². The van der Waals surface area contributed by atoms with Gasteiger partial charge in [0.15, 0.2) is 5.78 Å². The number of ketones is 5. The number of aromatic nitrogens is 3. The summed E-state index contributed by atoms with van der Waals surface area (Å²) < 4.78 is 0. The quantitative estimate of drug-likeness (QED) is 0.00905. The first-order chi connectivity index (χ1) is 41.7. The Morgan fingerprint density at radius 3 is 1.92 bits per heavy atom. The van der Waals surface area contributed by atoms with Crippen molar-refractivity contribution in [2.24, 2.45) is 67.4 Å². The van der Waals surface area contributed by atoms with Gasteiger partial charge in [-0.25, -0.2) is 4.98 Å². The summed E-state index contributed by atoms with van der Waals surface area (Å²) in [6, 6.07) is 4.08. The molecule has 3 rings (SSSR count). The molecule has 0 fully saturated rings. The number of hydrogen-bond donors (Lipinski definition) is 9. The van der Waals surface area contributed by atoms with Crippen LogP contribution in [0.5, 0.6) is 0 Å². The molecule has 3 aromatic rings. The van der Waals surface area contributed by atoms with Crippen LogP contribution in [0.2, 0.25) is 0 Å². The van der Waals surface area contributed by atoms with Crippen LogP contribution in [0.15, 0.2) is 63.4 Å². The normalized spacial score (nSPS) is 14.6. The van der Waals surface area contributed by atoms with Gasteiger partial charge in [-0.15, -0.1) is 0 Å². The van der Waals surface area contributed by atoms with E-state index in [0.717, 1.165) is 10.9 Å². The number of aromatic amines is 2. The molecule has 0 aliphatic carbocycles. The van der Waals surface area contributed by atoms with E-state index < -0.39 is 77.1 Å². The first-order valence-corrected chi connectivity index (χ1v) is 32.1. The van der Waals surface area contributed by atoms with Crippen molar-refractivity contribution >= 4 is 128 Å². The van der Waals surface area contributed by atoms with E-state index in [9.17, 15) is 47.9 Å². The van der Waals surface area contributed by atoms with Crippen molar-refractivity contribution in [3.63, 3.8) is 0 Å². The van der Waals surface area contributed by atoms with Gasteiger partial charge < -0.3 is 73.3 Å². The SMILES string of the molecule is CNC([S-])=NN=C(C)C(C)=NN=C([S-])NCCCCCC(=O)CC(CCC(N)=O)C(=O)NC(Cc1c[nH]c2ccccc12)C(=O)NC(C)C(=O)CC(C(=O)CCC(=O)CC(Cc1cnc[nH]1)C(=O)CC(CC(C)C)C(=O)NC(CCSC)C(N)=O)C(C)C.[Cu+2]. The molecule has 0 aliphatic rings. The van der Waals surface area contributed by atoms with Gasteiger partial charge in [-0.3, -0.25) is 47.9 Å². The first kappa shape index (κ1) is 78.4. The Hall–Kier alpha value is -6.74. The zero-order chi connectivity index (χ0) is 65.5. The predicted octanol–water partition coefficient (Wildman–Crippen LogP) is 4.93. The molecule has 0 saturated heterocycles. The van der Waals surface area contributed by atoms with Gasteiger partial charge in [0.05, 0.1) is 23.8 Å². The molecule has 2 heterocycles. The van der Waals surface area contributed by atoms with Crippen LogP contribution in [-0.4, -0.2) is 139 Å². The van der Waals surface area contributed by atoms with Crippen molar-refractivity contribution in [2.45, 2.75) is 169 Å². The maximum Gasteiger partial charge on any atom is 2.00 e. The Balaban J connectivity index is 0.0000270. The number of hydrogen-bond acceptors (Lipinski definition) is 18. The number of amidine groups is 2. The Kier molecular flexibility index (Phi) is 36.6. The van der Waals surface area contributed by atoms with E-state index in [4.69, 9.17) is 36.7 Å². The molecule has 28 heteroatoms. The second kappa shape index (κ2) is 41.5. The molecule has 0 bridgehead atoms. The zero-order valence-corrected chi connectivity index (χ0v) is 55.9. The van der Waals surface area contributed by atoms with Crippen LogP contribution >= 0.6 is 11.8 Å². The summed E-state index contributed by atoms with van der Waals surface area (Å²) in [7, 11) is 1.63. The maximum atomic E-state index is 14.4. The summed E-state index contributed by atoms with van der Waals surface area (Å²) in [5.41, 5.74) is 14.2. The molecule has 1 aromatic carbocycles. The fourth-order valence-corrected chi connectivity index (χ4v) is 10.4. The fraction of sp³-hybridized carbons (Fsp3) is 0.590. The summed E-state index contributed by atoms with van der Waals surface area (Å²) in [6.07, 6.45) is 7.69. The first-order valence-electron chi connectivity index (χ1n) is 29.8. The number of nitrogens with two attached hydrogens (primary N) is 2. The summed E-state index contributed by atoms with van der Waals surface area (Å²) in [5.74, 6) is -8.20. The van der Waals surface area contributed by atoms with Gasteiger partial charge in [0, 0.05) is 124 Å². The molecule has 89 heavy (non-hydrogen) atoms. The molecule has 0 aliphatic heterocycles. The van der Waals surface area contributed by atoms with Gasteiger partial charge in [-0.1, -0.05) is 52.3 Å². The van der Waals surface area contributed by atoms with E-state index in [0.29, 0.717) is 67.1 Å². The van der Waals surface area contributed by atoms with Crippen molar-refractivity contribution in [1.29, 1.82) is 0 Å². The molecule has 493 valence electrons. The smallest absolute Gasteiger partial charge is 0.741 e. The van der Waals surface area contributed by atoms with Gasteiger partial charge in [0.1, 0.15) is 35.2 Å². The monoisotopic (exact) mass is 1340 g/mol. The third kappa shape index (κ3) is 29.6. The Morgan fingerprint density at radius 2 is 1.30 bits per heavy atom. The number of nitrogens with one attached hydrogen (secondary N) is 7. The van der Waals surface area contributed by atoms with Crippen molar-refractivity contribution < 1.29 is 65.0 Å². The minimum absolute atomic E-state index is 0. The van der Waals surface area contributed by atoms with E-state index in [-0.39, 0.29) is 133 Å². The summed E-state index contributed by atoms with van der Waals surface area (Å²) in [6.45, 7) is 12.7. The molecule has 0 saturated carbocycles. The van der Waals surface area contributed by atoms with Crippen LogP contribution in [-0.2, 0) is 103 Å². The zero-order valence-electron chi connectivity index (χ0n) is 52.5. The summed E-state index contributed by atoms with van der Waals surface area (Å²) in [4.78, 5) is 146. The molecule has 0 spiro atoms. The van der Waals surface area contributed by atoms with Crippen molar-refractivity contribution in [2.75, 3.05) is 25.6 Å². The Morgan fingerprint density at radius 1 is 0.663 bits per heavy atom. The van der Waals surface area contributed by atoms with Crippen molar-refractivity contribution in [3.8, 4) is 0 Å². The number of amides is 5. The molecule has 5 amide bonds. The number of imidazole rings is 1. The molecular formula is C61H90CuN14O10S3. The predicted molar refractivity (Wildman–Crippen MR) is 349 cm³/mol. The molecule has 24 nitrogen and oxygen atoms in total. The van der Waals surface area contributed by atoms with Crippen LogP contribution in [0.3, 0.4) is 0 Å². The summed E-state index contributed by atoms with van der Waals surface area (Å²) in [5, 5.41) is 31.1. The number of primary amides is 2. The largest absolute Gasteiger partial charge is 2.00 e. The number of para-hydroxylation sites is 1. The molecule has 1 radical (unpaired) electrons. The van der Waals surface area contributed by atoms with Gasteiger partial charge in [0.2, 0.25) is 29.5 Å². The minimum Gasteiger partial charge on any atom is -0.741 e. The molecule has 7 unspecified atom stereocenters. The maximum absolute atomic E-state index is 14.4. The number of benzene rings is 1. The Bertz CT molecular complexity index is 2970. The number of rotatable bonds is 43. The van der Waals surface area contributed by atoms with Gasteiger partial charge >= 0.3 is 17.1 Å². The molecular weight excluding hydrogens is 1250 g/mol. The van der Waals surface area contributed by atoms with E-state index in [1.54, 1.807) is 47.1 Å². The molecule has 7 atom stereocenters. The average Bonchev–Trinajstić information content (AvgIpc) is 3.17. The fourth-order valence-electron chi connectivity index (χ4n) is 9.70.